The maximum atomic E-state index is 10.7. The molecule has 3 aromatic carbocycles. The highest BCUT2D eigenvalue weighted by Gasteiger charge is 2.05. The first kappa shape index (κ1) is 14.5. The van der Waals surface area contributed by atoms with Crippen LogP contribution in [0.2, 0.25) is 0 Å². The van der Waals surface area contributed by atoms with E-state index in [2.05, 4.69) is 6.07 Å². The van der Waals surface area contributed by atoms with Gasteiger partial charge in [-0.15, -0.1) is 0 Å². The third kappa shape index (κ3) is 3.09. The topological polar surface area (TPSA) is 66.9 Å². The predicted molar refractivity (Wildman–Crippen MR) is 90.5 cm³/mol. The van der Waals surface area contributed by atoms with Gasteiger partial charge in [0, 0.05) is 12.1 Å². The van der Waals surface area contributed by atoms with E-state index in [4.69, 9.17) is 0 Å². The smallest absolute Gasteiger partial charge is 0.258 e. The molecule has 0 bridgehead atoms. The number of rotatable bonds is 3. The van der Waals surface area contributed by atoms with Gasteiger partial charge in [0.25, 0.3) is 5.69 Å². The van der Waals surface area contributed by atoms with Gasteiger partial charge in [0.1, 0.15) is 0 Å². The lowest BCUT2D eigenvalue weighted by Gasteiger charge is -2.03. The van der Waals surface area contributed by atoms with Crippen molar-refractivity contribution in [3.63, 3.8) is 0 Å². The van der Waals surface area contributed by atoms with Crippen molar-refractivity contribution in [3.8, 4) is 6.07 Å². The minimum atomic E-state index is -0.442. The average molecular weight is 300 g/mol. The Morgan fingerprint density at radius 3 is 2.35 bits per heavy atom. The number of nitro groups is 1. The molecule has 0 amide bonds. The molecule has 0 aromatic heterocycles. The lowest BCUT2D eigenvalue weighted by Crippen LogP contribution is -1.87. The normalized spacial score (nSPS) is 11.2. The van der Waals surface area contributed by atoms with Gasteiger partial charge >= 0.3 is 0 Å². The van der Waals surface area contributed by atoms with Crippen molar-refractivity contribution in [1.29, 1.82) is 5.26 Å². The highest BCUT2D eigenvalue weighted by molar-refractivity contribution is 5.94. The van der Waals surface area contributed by atoms with Crippen LogP contribution in [0.3, 0.4) is 0 Å². The molecular formula is C19H12N2O2. The number of benzene rings is 3. The van der Waals surface area contributed by atoms with Crippen molar-refractivity contribution in [2.24, 2.45) is 0 Å². The lowest BCUT2D eigenvalue weighted by atomic mass is 10.00. The number of hydrogen-bond donors (Lipinski definition) is 0. The highest BCUT2D eigenvalue weighted by Crippen LogP contribution is 2.23. The van der Waals surface area contributed by atoms with E-state index in [0.29, 0.717) is 5.57 Å². The first-order chi connectivity index (χ1) is 11.2. The molecule has 0 fully saturated rings. The quantitative estimate of drug-likeness (QED) is 0.301. The molecule has 0 radical (unpaired) electrons. The Bertz CT molecular complexity index is 951. The number of nitriles is 1. The summed E-state index contributed by atoms with van der Waals surface area (Å²) >= 11 is 0. The number of nitro benzene ring substituents is 1. The second-order valence-electron chi connectivity index (χ2n) is 5.08. The fourth-order valence-corrected chi connectivity index (χ4v) is 2.40. The van der Waals surface area contributed by atoms with E-state index in [9.17, 15) is 15.4 Å². The van der Waals surface area contributed by atoms with Crippen molar-refractivity contribution in [2.75, 3.05) is 0 Å². The molecule has 0 heterocycles. The summed E-state index contributed by atoms with van der Waals surface area (Å²) in [5, 5.41) is 22.3. The van der Waals surface area contributed by atoms with Crippen LogP contribution in [0.25, 0.3) is 22.4 Å². The van der Waals surface area contributed by atoms with E-state index in [1.54, 1.807) is 18.2 Å². The van der Waals surface area contributed by atoms with Gasteiger partial charge in [-0.05, 0) is 46.2 Å². The molecule has 3 aromatic rings. The van der Waals surface area contributed by atoms with Crippen LogP contribution in [-0.2, 0) is 0 Å². The van der Waals surface area contributed by atoms with E-state index < -0.39 is 4.92 Å². The molecule has 110 valence electrons. The summed E-state index contributed by atoms with van der Waals surface area (Å²) in [6.45, 7) is 0. The lowest BCUT2D eigenvalue weighted by molar-refractivity contribution is -0.384. The first-order valence-corrected chi connectivity index (χ1v) is 7.03. The van der Waals surface area contributed by atoms with Crippen molar-refractivity contribution in [3.05, 3.63) is 88.0 Å². The summed E-state index contributed by atoms with van der Waals surface area (Å²) < 4.78 is 0. The standard InChI is InChI=1S/C19H12N2O2/c20-13-18(11-14-5-9-19(10-6-14)21(22)23)17-8-7-15-3-1-2-4-16(15)12-17/h1-12H/b18-11-. The van der Waals surface area contributed by atoms with Crippen molar-refractivity contribution >= 4 is 28.1 Å². The molecule has 0 saturated heterocycles. The number of allylic oxidation sites excluding steroid dienone is 1. The second kappa shape index (κ2) is 6.12. The van der Waals surface area contributed by atoms with Crippen molar-refractivity contribution < 1.29 is 4.92 Å². The number of hydrogen-bond acceptors (Lipinski definition) is 3. The van der Waals surface area contributed by atoms with E-state index in [0.717, 1.165) is 21.9 Å². The fraction of sp³-hybridized carbons (Fsp3) is 0. The molecule has 0 saturated carbocycles. The van der Waals surface area contributed by atoms with Crippen molar-refractivity contribution in [2.45, 2.75) is 0 Å². The van der Waals surface area contributed by atoms with Crippen molar-refractivity contribution in [1.82, 2.24) is 0 Å². The Morgan fingerprint density at radius 1 is 1.00 bits per heavy atom. The molecule has 4 nitrogen and oxygen atoms in total. The third-order valence-electron chi connectivity index (χ3n) is 3.60. The molecule has 0 unspecified atom stereocenters. The first-order valence-electron chi connectivity index (χ1n) is 7.03. The van der Waals surface area contributed by atoms with Gasteiger partial charge in [0.15, 0.2) is 0 Å². The fourth-order valence-electron chi connectivity index (χ4n) is 2.40. The van der Waals surface area contributed by atoms with Gasteiger partial charge in [0.05, 0.1) is 16.6 Å². The molecule has 0 N–H and O–H groups in total. The Morgan fingerprint density at radius 2 is 1.70 bits per heavy atom. The summed E-state index contributed by atoms with van der Waals surface area (Å²) in [7, 11) is 0. The zero-order chi connectivity index (χ0) is 16.2. The molecule has 0 spiro atoms. The Hall–Kier alpha value is -3.45. The Labute approximate surface area is 133 Å². The SMILES string of the molecule is N#C/C(=C/c1ccc([N+](=O)[O-])cc1)c1ccc2ccccc2c1. The number of nitrogens with zero attached hydrogens (tertiary/aromatic N) is 2. The molecule has 0 aliphatic rings. The van der Waals surface area contributed by atoms with E-state index in [1.807, 2.05) is 42.5 Å². The maximum absolute atomic E-state index is 10.7. The third-order valence-corrected chi connectivity index (χ3v) is 3.60. The molecule has 0 atom stereocenters. The minimum absolute atomic E-state index is 0.0337. The van der Waals surface area contributed by atoms with Gasteiger partial charge in [-0.3, -0.25) is 10.1 Å². The molecule has 4 heteroatoms. The Kier molecular flexibility index (Phi) is 3.86. The summed E-state index contributed by atoms with van der Waals surface area (Å²) in [6, 6.07) is 22.1. The van der Waals surface area contributed by atoms with Crippen LogP contribution >= 0.6 is 0 Å². The van der Waals surface area contributed by atoms with Crippen LogP contribution in [0.5, 0.6) is 0 Å². The van der Waals surface area contributed by atoms with E-state index in [-0.39, 0.29) is 5.69 Å². The van der Waals surface area contributed by atoms with Gasteiger partial charge < -0.3 is 0 Å². The summed E-state index contributed by atoms with van der Waals surface area (Å²) in [5.41, 5.74) is 2.13. The zero-order valence-corrected chi connectivity index (χ0v) is 12.1. The Balaban J connectivity index is 2.00. The molecular weight excluding hydrogens is 288 g/mol. The zero-order valence-electron chi connectivity index (χ0n) is 12.1. The maximum Gasteiger partial charge on any atom is 0.269 e. The van der Waals surface area contributed by atoms with Crippen LogP contribution in [-0.4, -0.2) is 4.92 Å². The number of fused-ring (bicyclic) bond motifs is 1. The largest absolute Gasteiger partial charge is 0.269 e. The summed E-state index contributed by atoms with van der Waals surface area (Å²) in [6.07, 6.45) is 1.73. The highest BCUT2D eigenvalue weighted by atomic mass is 16.6. The average Bonchev–Trinajstić information content (AvgIpc) is 2.59. The van der Waals surface area contributed by atoms with Gasteiger partial charge in [0.2, 0.25) is 0 Å². The minimum Gasteiger partial charge on any atom is -0.258 e. The van der Waals surface area contributed by atoms with Crippen LogP contribution in [0, 0.1) is 21.4 Å². The molecule has 0 aliphatic heterocycles. The number of non-ortho nitro benzene ring substituents is 1. The summed E-state index contributed by atoms with van der Waals surface area (Å²) in [4.78, 5) is 10.2. The molecule has 23 heavy (non-hydrogen) atoms. The van der Waals surface area contributed by atoms with Gasteiger partial charge in [-0.2, -0.15) is 5.26 Å². The van der Waals surface area contributed by atoms with Gasteiger partial charge in [-0.1, -0.05) is 36.4 Å². The van der Waals surface area contributed by atoms with Crippen LogP contribution in [0.1, 0.15) is 11.1 Å². The van der Waals surface area contributed by atoms with Crippen LogP contribution in [0.15, 0.2) is 66.7 Å². The van der Waals surface area contributed by atoms with Gasteiger partial charge in [-0.25, -0.2) is 0 Å². The van der Waals surface area contributed by atoms with Crippen LogP contribution in [0.4, 0.5) is 5.69 Å². The van der Waals surface area contributed by atoms with Crippen LogP contribution < -0.4 is 0 Å². The van der Waals surface area contributed by atoms with E-state index >= 15 is 0 Å². The van der Waals surface area contributed by atoms with E-state index in [1.165, 1.54) is 12.1 Å². The monoisotopic (exact) mass is 300 g/mol. The summed E-state index contributed by atoms with van der Waals surface area (Å²) in [5.74, 6) is 0. The molecule has 0 aliphatic carbocycles. The molecule has 3 rings (SSSR count). The predicted octanol–water partition coefficient (Wildman–Crippen LogP) is 4.81. The second-order valence-corrected chi connectivity index (χ2v) is 5.08.